The number of aliphatic imine (C=N–C) groups is 1. The van der Waals surface area contributed by atoms with E-state index in [1.165, 1.54) is 0 Å². The molecule has 0 aliphatic carbocycles. The highest BCUT2D eigenvalue weighted by Gasteiger charge is 2.29. The number of guanidine groups is 1. The van der Waals surface area contributed by atoms with Crippen molar-refractivity contribution in [1.29, 1.82) is 0 Å². The third-order valence-corrected chi connectivity index (χ3v) is 5.92. The van der Waals surface area contributed by atoms with Crippen LogP contribution in [0.25, 0.3) is 0 Å². The van der Waals surface area contributed by atoms with Crippen molar-refractivity contribution in [2.45, 2.75) is 11.4 Å². The van der Waals surface area contributed by atoms with Crippen LogP contribution in [0.3, 0.4) is 0 Å². The van der Waals surface area contributed by atoms with Crippen LogP contribution in [0, 0.1) is 0 Å². The van der Waals surface area contributed by atoms with E-state index in [0.29, 0.717) is 29.5 Å². The summed E-state index contributed by atoms with van der Waals surface area (Å²) in [6, 6.07) is 6.99. The van der Waals surface area contributed by atoms with Gasteiger partial charge in [0.15, 0.2) is 5.96 Å². The lowest BCUT2D eigenvalue weighted by Gasteiger charge is -2.32. The number of benzene rings is 1. The Hall–Kier alpha value is -1.64. The van der Waals surface area contributed by atoms with Crippen molar-refractivity contribution < 1.29 is 8.42 Å². The first-order chi connectivity index (χ1) is 10.8. The number of hydrogen-bond donors (Lipinski definition) is 1. The number of nitrogens with zero attached hydrogens (tertiary/aromatic N) is 4. The zero-order valence-electron chi connectivity index (χ0n) is 13.9. The monoisotopic (exact) mass is 339 g/mol. The van der Waals surface area contributed by atoms with Crippen molar-refractivity contribution in [3.8, 4) is 0 Å². The predicted octanol–water partition coefficient (Wildman–Crippen LogP) is -0.001000. The van der Waals surface area contributed by atoms with Gasteiger partial charge in [-0.1, -0.05) is 18.2 Å². The number of sulfonamides is 1. The second-order valence-corrected chi connectivity index (χ2v) is 7.79. The zero-order valence-corrected chi connectivity index (χ0v) is 14.8. The van der Waals surface area contributed by atoms with Gasteiger partial charge in [-0.05, 0) is 18.7 Å². The molecule has 0 radical (unpaired) electrons. The largest absolute Gasteiger partial charge is 0.370 e. The summed E-state index contributed by atoms with van der Waals surface area (Å²) in [5.41, 5.74) is 6.46. The summed E-state index contributed by atoms with van der Waals surface area (Å²) in [5.74, 6) is 0.372. The number of rotatable bonds is 4. The van der Waals surface area contributed by atoms with E-state index in [1.54, 1.807) is 41.5 Å². The fourth-order valence-electron chi connectivity index (χ4n) is 2.36. The first kappa shape index (κ1) is 17.7. The summed E-state index contributed by atoms with van der Waals surface area (Å²) in [6.45, 7) is 2.75. The van der Waals surface area contributed by atoms with Crippen molar-refractivity contribution in [2.75, 3.05) is 47.3 Å². The third kappa shape index (κ3) is 4.21. The van der Waals surface area contributed by atoms with E-state index in [0.717, 1.165) is 13.1 Å². The first-order valence-electron chi connectivity index (χ1n) is 7.56. The second kappa shape index (κ2) is 7.29. The molecule has 7 nitrogen and oxygen atoms in total. The van der Waals surface area contributed by atoms with Gasteiger partial charge in [0.05, 0.1) is 11.4 Å². The molecule has 1 fully saturated rings. The molecular formula is C15H25N5O2S. The SMILES string of the molecule is CN1CCN(S(=O)(=O)c2ccccc2CN=C(N)N(C)C)CC1. The summed E-state index contributed by atoms with van der Waals surface area (Å²) in [4.78, 5) is 8.39. The normalized spacial score (nSPS) is 18.1. The second-order valence-electron chi connectivity index (χ2n) is 5.88. The molecule has 1 heterocycles. The van der Waals surface area contributed by atoms with E-state index in [9.17, 15) is 8.42 Å². The van der Waals surface area contributed by atoms with Crippen molar-refractivity contribution >= 4 is 16.0 Å². The van der Waals surface area contributed by atoms with Crippen molar-refractivity contribution in [3.63, 3.8) is 0 Å². The summed E-state index contributed by atoms with van der Waals surface area (Å²) in [7, 11) is 2.09. The summed E-state index contributed by atoms with van der Waals surface area (Å²) in [6.07, 6.45) is 0. The smallest absolute Gasteiger partial charge is 0.243 e. The molecule has 0 spiro atoms. The van der Waals surface area contributed by atoms with Crippen molar-refractivity contribution in [2.24, 2.45) is 10.7 Å². The molecule has 2 rings (SSSR count). The summed E-state index contributed by atoms with van der Waals surface area (Å²) >= 11 is 0. The maximum Gasteiger partial charge on any atom is 0.243 e. The van der Waals surface area contributed by atoms with Crippen LogP contribution in [0.15, 0.2) is 34.2 Å². The number of likely N-dealkylation sites (N-methyl/N-ethyl adjacent to an activating group) is 1. The summed E-state index contributed by atoms with van der Waals surface area (Å²) < 4.78 is 27.4. The molecule has 0 amide bonds. The van der Waals surface area contributed by atoms with Gasteiger partial charge < -0.3 is 15.5 Å². The molecule has 1 saturated heterocycles. The van der Waals surface area contributed by atoms with E-state index in [4.69, 9.17) is 5.73 Å². The van der Waals surface area contributed by atoms with E-state index >= 15 is 0 Å². The van der Waals surface area contributed by atoms with E-state index in [-0.39, 0.29) is 6.54 Å². The zero-order chi connectivity index (χ0) is 17.0. The van der Waals surface area contributed by atoms with Crippen molar-refractivity contribution in [1.82, 2.24) is 14.1 Å². The van der Waals surface area contributed by atoms with Gasteiger partial charge in [-0.15, -0.1) is 0 Å². The molecule has 23 heavy (non-hydrogen) atoms. The molecule has 0 saturated carbocycles. The molecular weight excluding hydrogens is 314 g/mol. The lowest BCUT2D eigenvalue weighted by molar-refractivity contribution is 0.222. The van der Waals surface area contributed by atoms with Gasteiger partial charge in [0.1, 0.15) is 0 Å². The number of hydrogen-bond acceptors (Lipinski definition) is 4. The lowest BCUT2D eigenvalue weighted by atomic mass is 10.2. The highest BCUT2D eigenvalue weighted by molar-refractivity contribution is 7.89. The molecule has 128 valence electrons. The molecule has 0 atom stereocenters. The molecule has 1 aliphatic heterocycles. The Bertz CT molecular complexity index is 664. The van der Waals surface area contributed by atoms with Crippen LogP contribution in [0.5, 0.6) is 0 Å². The maximum absolute atomic E-state index is 12.9. The number of nitrogens with two attached hydrogens (primary N) is 1. The minimum absolute atomic E-state index is 0.243. The van der Waals surface area contributed by atoms with Gasteiger partial charge in [0.25, 0.3) is 0 Å². The highest BCUT2D eigenvalue weighted by atomic mass is 32.2. The van der Waals surface area contributed by atoms with Crippen LogP contribution >= 0.6 is 0 Å². The Labute approximate surface area is 138 Å². The molecule has 0 aromatic heterocycles. The fourth-order valence-corrected chi connectivity index (χ4v) is 4.00. The van der Waals surface area contributed by atoms with Crippen molar-refractivity contribution in [3.05, 3.63) is 29.8 Å². The molecule has 1 aromatic carbocycles. The Kier molecular flexibility index (Phi) is 5.61. The Morgan fingerprint density at radius 1 is 1.22 bits per heavy atom. The molecule has 8 heteroatoms. The van der Waals surface area contributed by atoms with Crippen LogP contribution in [0.4, 0.5) is 0 Å². The Morgan fingerprint density at radius 2 is 1.83 bits per heavy atom. The molecule has 0 bridgehead atoms. The maximum atomic E-state index is 12.9. The van der Waals surface area contributed by atoms with Crippen LogP contribution in [0.1, 0.15) is 5.56 Å². The van der Waals surface area contributed by atoms with E-state index in [2.05, 4.69) is 9.89 Å². The topological polar surface area (TPSA) is 82.2 Å². The van der Waals surface area contributed by atoms with Crippen LogP contribution < -0.4 is 5.73 Å². The van der Waals surface area contributed by atoms with Gasteiger partial charge >= 0.3 is 0 Å². The van der Waals surface area contributed by atoms with Gasteiger partial charge in [0, 0.05) is 40.3 Å². The van der Waals surface area contributed by atoms with Crippen LogP contribution in [-0.2, 0) is 16.6 Å². The minimum Gasteiger partial charge on any atom is -0.370 e. The van der Waals surface area contributed by atoms with Crippen LogP contribution in [0.2, 0.25) is 0 Å². The standard InChI is InChI=1S/C15H25N5O2S/c1-18(2)15(16)17-12-13-6-4-5-7-14(13)23(21,22)20-10-8-19(3)9-11-20/h4-7H,8-12H2,1-3H3,(H2,16,17). The quantitative estimate of drug-likeness (QED) is 0.617. The van der Waals surface area contributed by atoms with Crippen LogP contribution in [-0.4, -0.2) is 75.8 Å². The van der Waals surface area contributed by atoms with Gasteiger partial charge in [0.2, 0.25) is 10.0 Å². The minimum atomic E-state index is -3.50. The number of piperazine rings is 1. The van der Waals surface area contributed by atoms with Gasteiger partial charge in [-0.3, -0.25) is 0 Å². The molecule has 1 aromatic rings. The Morgan fingerprint density at radius 3 is 2.43 bits per heavy atom. The molecule has 1 aliphatic rings. The van der Waals surface area contributed by atoms with Gasteiger partial charge in [-0.25, -0.2) is 13.4 Å². The molecule has 2 N–H and O–H groups in total. The highest BCUT2D eigenvalue weighted by Crippen LogP contribution is 2.22. The first-order valence-corrected chi connectivity index (χ1v) is 9.00. The molecule has 0 unspecified atom stereocenters. The summed E-state index contributed by atoms with van der Waals surface area (Å²) in [5, 5.41) is 0. The average molecular weight is 339 g/mol. The Balaban J connectivity index is 2.27. The average Bonchev–Trinajstić information content (AvgIpc) is 2.53. The predicted molar refractivity (Wildman–Crippen MR) is 91.7 cm³/mol. The van der Waals surface area contributed by atoms with E-state index in [1.807, 2.05) is 13.1 Å². The van der Waals surface area contributed by atoms with E-state index < -0.39 is 10.0 Å². The van der Waals surface area contributed by atoms with Gasteiger partial charge in [-0.2, -0.15) is 4.31 Å². The fraction of sp³-hybridized carbons (Fsp3) is 0.533. The third-order valence-electron chi connectivity index (χ3n) is 3.92. The lowest BCUT2D eigenvalue weighted by Crippen LogP contribution is -2.47.